The maximum absolute atomic E-state index is 12.9. The van der Waals surface area contributed by atoms with Gasteiger partial charge in [-0.25, -0.2) is 0 Å². The van der Waals surface area contributed by atoms with E-state index in [9.17, 15) is 9.59 Å². The molecule has 2 amide bonds. The minimum Gasteiger partial charge on any atom is -0.339 e. The molecule has 1 unspecified atom stereocenters. The number of carbonyl (C=O) groups excluding carboxylic acids is 2. The molecule has 4 fully saturated rings. The Morgan fingerprint density at radius 2 is 1.94 bits per heavy atom. The number of nitrogens with zero attached hydrogens (tertiary/aromatic N) is 2. The molecule has 2 heterocycles. The standard InChI is InChI=1S/C25H31N3O2S/c1-25(23(30)27-24(31-25)26-21-16-18-7-9-19(21)15-18)20-11-13-28(14-12-20)22(29)10-8-17-5-3-2-4-6-17/h2-6,8,10,18-21H,7,9,11-16H2,1H3,(H,26,27,30)/t18-,19+,21+,25?/m1/s1. The molecule has 0 radical (unpaired) electrons. The molecule has 6 heteroatoms. The number of aliphatic imine (C=N–C) groups is 1. The van der Waals surface area contributed by atoms with E-state index < -0.39 is 4.75 Å². The van der Waals surface area contributed by atoms with Crippen LogP contribution in [0, 0.1) is 17.8 Å². The number of rotatable bonds is 4. The number of nitrogens with one attached hydrogen (secondary N) is 1. The van der Waals surface area contributed by atoms with Gasteiger partial charge in [-0.2, -0.15) is 0 Å². The molecule has 2 aliphatic heterocycles. The number of amidine groups is 1. The molecule has 0 spiro atoms. The van der Waals surface area contributed by atoms with E-state index in [0.29, 0.717) is 19.1 Å². The fourth-order valence-electron chi connectivity index (χ4n) is 5.83. The first-order valence-electron chi connectivity index (χ1n) is 11.6. The molecule has 1 aromatic rings. The molecule has 4 atom stereocenters. The summed E-state index contributed by atoms with van der Waals surface area (Å²) in [7, 11) is 0. The van der Waals surface area contributed by atoms with Crippen molar-refractivity contribution in [1.29, 1.82) is 0 Å². The largest absolute Gasteiger partial charge is 0.339 e. The van der Waals surface area contributed by atoms with Gasteiger partial charge < -0.3 is 10.2 Å². The van der Waals surface area contributed by atoms with Crippen LogP contribution in [0.25, 0.3) is 6.08 Å². The number of likely N-dealkylation sites (tertiary alicyclic amines) is 1. The van der Waals surface area contributed by atoms with Crippen molar-refractivity contribution >= 4 is 34.8 Å². The molecule has 164 valence electrons. The second kappa shape index (κ2) is 8.45. The Morgan fingerprint density at radius 1 is 1.16 bits per heavy atom. The molecule has 5 rings (SSSR count). The van der Waals surface area contributed by atoms with Crippen molar-refractivity contribution in [2.75, 3.05) is 13.1 Å². The first kappa shape index (κ1) is 20.8. The average molecular weight is 438 g/mol. The lowest BCUT2D eigenvalue weighted by Crippen LogP contribution is -2.47. The molecule has 2 aliphatic carbocycles. The molecule has 1 aromatic carbocycles. The van der Waals surface area contributed by atoms with Crippen molar-refractivity contribution in [3.05, 3.63) is 42.0 Å². The number of benzene rings is 1. The second-order valence-corrected chi connectivity index (χ2v) is 11.1. The number of piperidine rings is 1. The summed E-state index contributed by atoms with van der Waals surface area (Å²) in [5.74, 6) is 1.97. The van der Waals surface area contributed by atoms with Crippen LogP contribution in [0.5, 0.6) is 0 Å². The monoisotopic (exact) mass is 437 g/mol. The van der Waals surface area contributed by atoms with Crippen molar-refractivity contribution in [2.45, 2.75) is 56.2 Å². The highest BCUT2D eigenvalue weighted by molar-refractivity contribution is 8.16. The van der Waals surface area contributed by atoms with E-state index >= 15 is 0 Å². The zero-order chi connectivity index (χ0) is 21.4. The van der Waals surface area contributed by atoms with Crippen LogP contribution in [0.2, 0.25) is 0 Å². The topological polar surface area (TPSA) is 61.8 Å². The molecule has 5 nitrogen and oxygen atoms in total. The van der Waals surface area contributed by atoms with Gasteiger partial charge in [-0.1, -0.05) is 48.5 Å². The van der Waals surface area contributed by atoms with Crippen LogP contribution < -0.4 is 5.32 Å². The van der Waals surface area contributed by atoms with Crippen molar-refractivity contribution in [3.63, 3.8) is 0 Å². The van der Waals surface area contributed by atoms with E-state index in [1.165, 1.54) is 25.7 Å². The number of hydrogen-bond acceptors (Lipinski definition) is 4. The van der Waals surface area contributed by atoms with Crippen LogP contribution in [-0.2, 0) is 9.59 Å². The molecule has 1 N–H and O–H groups in total. The summed E-state index contributed by atoms with van der Waals surface area (Å²) in [6.07, 6.45) is 10.4. The Morgan fingerprint density at radius 3 is 2.61 bits per heavy atom. The highest BCUT2D eigenvalue weighted by atomic mass is 32.2. The predicted molar refractivity (Wildman–Crippen MR) is 126 cm³/mol. The number of carbonyl (C=O) groups is 2. The summed E-state index contributed by atoms with van der Waals surface area (Å²) >= 11 is 1.63. The van der Waals surface area contributed by atoms with Gasteiger partial charge in [0.05, 0.1) is 6.04 Å². The summed E-state index contributed by atoms with van der Waals surface area (Å²) in [6.45, 7) is 3.46. The second-order valence-electron chi connectivity index (χ2n) is 9.68. The number of fused-ring (bicyclic) bond motifs is 2. The van der Waals surface area contributed by atoms with Crippen molar-refractivity contribution < 1.29 is 9.59 Å². The Labute approximate surface area is 188 Å². The lowest BCUT2D eigenvalue weighted by molar-refractivity contribution is -0.128. The Kier molecular flexibility index (Phi) is 5.67. The summed E-state index contributed by atoms with van der Waals surface area (Å²) in [5, 5.41) is 3.91. The number of hydrogen-bond donors (Lipinski definition) is 1. The lowest BCUT2D eigenvalue weighted by atomic mass is 9.84. The zero-order valence-corrected chi connectivity index (χ0v) is 18.9. The van der Waals surface area contributed by atoms with Crippen LogP contribution in [-0.4, -0.2) is 45.8 Å². The molecule has 2 saturated carbocycles. The molecule has 2 bridgehead atoms. The molecule has 0 aromatic heterocycles. The van der Waals surface area contributed by atoms with Crippen molar-refractivity contribution in [3.8, 4) is 0 Å². The van der Waals surface area contributed by atoms with E-state index in [2.05, 4.69) is 12.2 Å². The average Bonchev–Trinajstić information content (AvgIpc) is 3.48. The van der Waals surface area contributed by atoms with Gasteiger partial charge in [0.15, 0.2) is 5.17 Å². The SMILES string of the molecule is CC1(C2CCN(C(=O)C=Cc3ccccc3)CC2)SC(=N[C@H]2C[C@@H]3CC[C@H]2C3)NC1=O. The van der Waals surface area contributed by atoms with E-state index in [1.807, 2.05) is 41.3 Å². The smallest absolute Gasteiger partial charge is 0.246 e. The maximum Gasteiger partial charge on any atom is 0.246 e. The van der Waals surface area contributed by atoms with E-state index in [4.69, 9.17) is 4.99 Å². The molecule has 2 saturated heterocycles. The van der Waals surface area contributed by atoms with Crippen LogP contribution in [0.4, 0.5) is 0 Å². The highest BCUT2D eigenvalue weighted by Crippen LogP contribution is 2.48. The first-order valence-corrected chi connectivity index (χ1v) is 12.4. The van der Waals surface area contributed by atoms with Crippen molar-refractivity contribution in [2.24, 2.45) is 22.7 Å². The minimum atomic E-state index is -0.481. The van der Waals surface area contributed by atoms with Gasteiger partial charge in [0.25, 0.3) is 0 Å². The normalized spacial score (nSPS) is 34.7. The Balaban J connectivity index is 1.17. The Bertz CT molecular complexity index is 907. The molecule has 31 heavy (non-hydrogen) atoms. The highest BCUT2D eigenvalue weighted by Gasteiger charge is 2.50. The zero-order valence-electron chi connectivity index (χ0n) is 18.1. The maximum atomic E-state index is 12.9. The third kappa shape index (κ3) is 4.19. The predicted octanol–water partition coefficient (Wildman–Crippen LogP) is 4.10. The van der Waals surface area contributed by atoms with Crippen LogP contribution >= 0.6 is 11.8 Å². The molecule has 4 aliphatic rings. The fourth-order valence-corrected chi connectivity index (χ4v) is 7.11. The quantitative estimate of drug-likeness (QED) is 0.722. The van der Waals surface area contributed by atoms with E-state index in [0.717, 1.165) is 35.4 Å². The van der Waals surface area contributed by atoms with Gasteiger partial charge in [0.2, 0.25) is 11.8 Å². The third-order valence-corrected chi connectivity index (χ3v) is 9.11. The van der Waals surface area contributed by atoms with Crippen LogP contribution in [0.1, 0.15) is 51.0 Å². The van der Waals surface area contributed by atoms with Crippen LogP contribution in [0.15, 0.2) is 41.4 Å². The van der Waals surface area contributed by atoms with Gasteiger partial charge in [-0.15, -0.1) is 0 Å². The van der Waals surface area contributed by atoms with Crippen LogP contribution in [0.3, 0.4) is 0 Å². The van der Waals surface area contributed by atoms with E-state index in [-0.39, 0.29) is 17.7 Å². The Hall–Kier alpha value is -2.08. The molecular weight excluding hydrogens is 406 g/mol. The number of thioether (sulfide) groups is 1. The van der Waals surface area contributed by atoms with Gasteiger partial charge in [-0.05, 0) is 68.4 Å². The van der Waals surface area contributed by atoms with Gasteiger partial charge in [0.1, 0.15) is 4.75 Å². The van der Waals surface area contributed by atoms with Gasteiger partial charge >= 0.3 is 0 Å². The first-order chi connectivity index (χ1) is 15.0. The van der Waals surface area contributed by atoms with Gasteiger partial charge in [0, 0.05) is 19.2 Å². The number of amides is 2. The molecular formula is C25H31N3O2S. The van der Waals surface area contributed by atoms with E-state index in [1.54, 1.807) is 17.8 Å². The summed E-state index contributed by atoms with van der Waals surface area (Å²) in [4.78, 5) is 32.4. The summed E-state index contributed by atoms with van der Waals surface area (Å²) in [6, 6.07) is 10.3. The minimum absolute atomic E-state index is 0.0505. The summed E-state index contributed by atoms with van der Waals surface area (Å²) < 4.78 is -0.481. The fraction of sp³-hybridized carbons (Fsp3) is 0.560. The summed E-state index contributed by atoms with van der Waals surface area (Å²) in [5.41, 5.74) is 1.03. The lowest BCUT2D eigenvalue weighted by Gasteiger charge is -2.37. The third-order valence-electron chi connectivity index (χ3n) is 7.77. The van der Waals surface area contributed by atoms with Gasteiger partial charge in [-0.3, -0.25) is 14.6 Å². The van der Waals surface area contributed by atoms with Crippen molar-refractivity contribution in [1.82, 2.24) is 10.2 Å².